The molecule has 0 bridgehead atoms. The number of hydrogen-bond acceptors (Lipinski definition) is 2. The first-order valence-corrected chi connectivity index (χ1v) is 9.30. The Labute approximate surface area is 158 Å². The van der Waals surface area contributed by atoms with E-state index in [0.717, 1.165) is 32.5 Å². The number of piperidine rings is 1. The molecule has 1 fully saturated rings. The minimum absolute atomic E-state index is 0.0121. The number of halogens is 2. The number of carbonyl (C=O) groups is 1. The van der Waals surface area contributed by atoms with E-state index >= 15 is 0 Å². The predicted molar refractivity (Wildman–Crippen MR) is 104 cm³/mol. The Morgan fingerprint density at radius 1 is 1.24 bits per heavy atom. The average Bonchev–Trinajstić information content (AvgIpc) is 2.58. The molecule has 1 unspecified atom stereocenters. The summed E-state index contributed by atoms with van der Waals surface area (Å²) in [5, 5.41) is 4.00. The molecule has 1 N–H and O–H groups in total. The van der Waals surface area contributed by atoms with Crippen molar-refractivity contribution < 1.29 is 4.79 Å². The number of aryl methyl sites for hydroxylation is 1. The molecule has 25 heavy (non-hydrogen) atoms. The van der Waals surface area contributed by atoms with Gasteiger partial charge in [0.05, 0.1) is 16.6 Å². The molecule has 2 aromatic rings. The number of likely N-dealkylation sites (tertiary alicyclic amines) is 1. The van der Waals surface area contributed by atoms with Gasteiger partial charge in [-0.2, -0.15) is 0 Å². The number of hydrogen-bond donors (Lipinski definition) is 1. The molecule has 1 aliphatic rings. The van der Waals surface area contributed by atoms with Crippen molar-refractivity contribution in [2.75, 3.05) is 18.4 Å². The quantitative estimate of drug-likeness (QED) is 0.799. The Morgan fingerprint density at radius 3 is 2.88 bits per heavy atom. The summed E-state index contributed by atoms with van der Waals surface area (Å²) in [5.41, 5.74) is 3.13. The van der Waals surface area contributed by atoms with Gasteiger partial charge in [-0.15, -0.1) is 0 Å². The highest BCUT2D eigenvalue weighted by Gasteiger charge is 2.26. The minimum atomic E-state index is -0.0337. The van der Waals surface area contributed by atoms with Crippen molar-refractivity contribution in [2.24, 2.45) is 5.92 Å². The van der Waals surface area contributed by atoms with Gasteiger partial charge in [-0.25, -0.2) is 0 Å². The number of benzene rings is 2. The number of nitrogens with zero attached hydrogens (tertiary/aromatic N) is 1. The molecule has 1 saturated heterocycles. The molecule has 1 amide bonds. The van der Waals surface area contributed by atoms with Gasteiger partial charge in [0, 0.05) is 18.1 Å². The lowest BCUT2D eigenvalue weighted by Crippen LogP contribution is -2.40. The molecule has 0 aromatic heterocycles. The highest BCUT2D eigenvalue weighted by Crippen LogP contribution is 2.27. The van der Waals surface area contributed by atoms with Crippen molar-refractivity contribution in [1.82, 2.24) is 4.90 Å². The van der Waals surface area contributed by atoms with Crippen molar-refractivity contribution >= 4 is 34.8 Å². The van der Waals surface area contributed by atoms with Gasteiger partial charge >= 0.3 is 0 Å². The van der Waals surface area contributed by atoms with E-state index in [4.69, 9.17) is 23.2 Å². The van der Waals surface area contributed by atoms with Crippen molar-refractivity contribution in [3.63, 3.8) is 0 Å². The molecule has 1 aliphatic heterocycles. The third-order valence-electron chi connectivity index (χ3n) is 4.55. The monoisotopic (exact) mass is 376 g/mol. The van der Waals surface area contributed by atoms with Crippen molar-refractivity contribution in [2.45, 2.75) is 26.3 Å². The summed E-state index contributed by atoms with van der Waals surface area (Å²) in [6.07, 6.45) is 1.92. The van der Waals surface area contributed by atoms with Crippen LogP contribution in [-0.2, 0) is 11.3 Å². The number of carbonyl (C=O) groups excluding carboxylic acids is 1. The van der Waals surface area contributed by atoms with Gasteiger partial charge in [-0.05, 0) is 50.1 Å². The van der Waals surface area contributed by atoms with E-state index < -0.39 is 0 Å². The first-order valence-electron chi connectivity index (χ1n) is 8.55. The first-order chi connectivity index (χ1) is 12.0. The Bertz CT molecular complexity index is 763. The van der Waals surface area contributed by atoms with Crippen molar-refractivity contribution in [3.8, 4) is 0 Å². The maximum absolute atomic E-state index is 12.6. The van der Waals surface area contributed by atoms with E-state index in [9.17, 15) is 4.79 Å². The molecular weight excluding hydrogens is 355 g/mol. The van der Waals surface area contributed by atoms with Gasteiger partial charge < -0.3 is 5.32 Å². The number of rotatable bonds is 4. The fourth-order valence-electron chi connectivity index (χ4n) is 3.31. The first kappa shape index (κ1) is 18.2. The second kappa shape index (κ2) is 8.22. The molecule has 5 heteroatoms. The van der Waals surface area contributed by atoms with E-state index in [1.54, 1.807) is 18.2 Å². The predicted octanol–water partition coefficient (Wildman–Crippen LogP) is 5.15. The average molecular weight is 377 g/mol. The molecule has 3 nitrogen and oxygen atoms in total. The molecule has 0 spiro atoms. The maximum atomic E-state index is 12.6. The summed E-state index contributed by atoms with van der Waals surface area (Å²) >= 11 is 12.1. The van der Waals surface area contributed by atoms with E-state index in [2.05, 4.69) is 41.4 Å². The molecule has 1 heterocycles. The highest BCUT2D eigenvalue weighted by molar-refractivity contribution is 6.35. The summed E-state index contributed by atoms with van der Waals surface area (Å²) in [6.45, 7) is 4.77. The van der Waals surface area contributed by atoms with Crippen LogP contribution in [0.4, 0.5) is 5.69 Å². The third-order valence-corrected chi connectivity index (χ3v) is 5.12. The van der Waals surface area contributed by atoms with E-state index in [1.165, 1.54) is 11.1 Å². The second-order valence-corrected chi connectivity index (χ2v) is 7.52. The maximum Gasteiger partial charge on any atom is 0.228 e. The topological polar surface area (TPSA) is 32.3 Å². The summed E-state index contributed by atoms with van der Waals surface area (Å²) in [4.78, 5) is 15.0. The van der Waals surface area contributed by atoms with Crippen LogP contribution in [0.3, 0.4) is 0 Å². The summed E-state index contributed by atoms with van der Waals surface area (Å²) in [5.74, 6) is -0.0216. The van der Waals surface area contributed by atoms with Crippen LogP contribution in [0.5, 0.6) is 0 Å². The lowest BCUT2D eigenvalue weighted by molar-refractivity contribution is -0.121. The fraction of sp³-hybridized carbons (Fsp3) is 0.350. The van der Waals surface area contributed by atoms with Crippen LogP contribution in [0, 0.1) is 12.8 Å². The highest BCUT2D eigenvalue weighted by atomic mass is 35.5. The van der Waals surface area contributed by atoms with Crippen LogP contribution >= 0.6 is 23.2 Å². The van der Waals surface area contributed by atoms with E-state index in [1.807, 2.05) is 0 Å². The van der Waals surface area contributed by atoms with Crippen molar-refractivity contribution in [3.05, 3.63) is 63.6 Å². The van der Waals surface area contributed by atoms with Gasteiger partial charge in [-0.1, -0.05) is 53.0 Å². The van der Waals surface area contributed by atoms with Crippen molar-refractivity contribution in [1.29, 1.82) is 0 Å². The number of nitrogens with one attached hydrogen (secondary N) is 1. The molecule has 0 radical (unpaired) electrons. The van der Waals surface area contributed by atoms with Crippen LogP contribution in [-0.4, -0.2) is 23.9 Å². The standard InChI is InChI=1S/C20H22Cl2N2O/c1-14-4-2-5-15(10-14)12-24-9-3-6-16(13-24)20(25)23-19-11-17(21)7-8-18(19)22/h2,4-5,7-8,10-11,16H,3,6,9,12-13H2,1H3,(H,23,25). The van der Waals surface area contributed by atoms with Gasteiger partial charge in [0.25, 0.3) is 0 Å². The molecule has 0 aliphatic carbocycles. The zero-order chi connectivity index (χ0) is 17.8. The zero-order valence-electron chi connectivity index (χ0n) is 14.3. The van der Waals surface area contributed by atoms with Gasteiger partial charge in [0.15, 0.2) is 0 Å². The van der Waals surface area contributed by atoms with E-state index in [0.29, 0.717) is 15.7 Å². The lowest BCUT2D eigenvalue weighted by atomic mass is 9.96. The number of anilines is 1. The Morgan fingerprint density at radius 2 is 2.08 bits per heavy atom. The molecule has 0 saturated carbocycles. The molecular formula is C20H22Cl2N2O. The van der Waals surface area contributed by atoms with Crippen LogP contribution < -0.4 is 5.32 Å². The Kier molecular flexibility index (Phi) is 6.00. The van der Waals surface area contributed by atoms with Crippen LogP contribution in [0.1, 0.15) is 24.0 Å². The lowest BCUT2D eigenvalue weighted by Gasteiger charge is -2.32. The smallest absolute Gasteiger partial charge is 0.228 e. The Balaban J connectivity index is 1.62. The second-order valence-electron chi connectivity index (χ2n) is 6.68. The summed E-state index contributed by atoms with van der Waals surface area (Å²) in [7, 11) is 0. The molecule has 3 rings (SSSR count). The normalized spacial score (nSPS) is 18.1. The SMILES string of the molecule is Cc1cccc(CN2CCCC(C(=O)Nc3cc(Cl)ccc3Cl)C2)c1. The van der Waals surface area contributed by atoms with Crippen LogP contribution in [0.25, 0.3) is 0 Å². The van der Waals surface area contributed by atoms with Gasteiger partial charge in [0.1, 0.15) is 0 Å². The summed E-state index contributed by atoms with van der Waals surface area (Å²) in [6, 6.07) is 13.6. The largest absolute Gasteiger partial charge is 0.324 e. The third kappa shape index (κ3) is 4.97. The van der Waals surface area contributed by atoms with Crippen LogP contribution in [0.15, 0.2) is 42.5 Å². The molecule has 1 atom stereocenters. The minimum Gasteiger partial charge on any atom is -0.324 e. The van der Waals surface area contributed by atoms with Gasteiger partial charge in [0.2, 0.25) is 5.91 Å². The fourth-order valence-corrected chi connectivity index (χ4v) is 3.65. The number of amides is 1. The molecule has 132 valence electrons. The summed E-state index contributed by atoms with van der Waals surface area (Å²) < 4.78 is 0. The zero-order valence-corrected chi connectivity index (χ0v) is 15.8. The van der Waals surface area contributed by atoms with Crippen LogP contribution in [0.2, 0.25) is 10.0 Å². The Hall–Kier alpha value is -1.55. The van der Waals surface area contributed by atoms with E-state index in [-0.39, 0.29) is 11.8 Å². The van der Waals surface area contributed by atoms with Gasteiger partial charge in [-0.3, -0.25) is 9.69 Å². The molecule has 2 aromatic carbocycles.